The maximum Gasteiger partial charge on any atom is 0.119 e. The second-order valence-electron chi connectivity index (χ2n) is 5.61. The van der Waals surface area contributed by atoms with Gasteiger partial charge in [0.1, 0.15) is 5.75 Å². The highest BCUT2D eigenvalue weighted by Crippen LogP contribution is 2.13. The van der Waals surface area contributed by atoms with E-state index < -0.39 is 0 Å². The van der Waals surface area contributed by atoms with Crippen LogP contribution in [0.15, 0.2) is 24.3 Å². The Hall–Kier alpha value is -1.06. The van der Waals surface area contributed by atoms with Crippen LogP contribution in [0.5, 0.6) is 5.75 Å². The minimum Gasteiger partial charge on any atom is -0.494 e. The second kappa shape index (κ2) is 6.92. The Morgan fingerprint density at radius 3 is 2.68 bits per heavy atom. The first-order chi connectivity index (χ1) is 9.16. The van der Waals surface area contributed by atoms with Crippen molar-refractivity contribution in [3.05, 3.63) is 29.8 Å². The van der Waals surface area contributed by atoms with Crippen molar-refractivity contribution < 1.29 is 4.74 Å². The minimum absolute atomic E-state index is 0.628. The molecule has 1 N–H and O–H groups in total. The molecule has 3 nitrogen and oxygen atoms in total. The van der Waals surface area contributed by atoms with E-state index in [4.69, 9.17) is 4.74 Å². The lowest BCUT2D eigenvalue weighted by molar-refractivity contribution is 0.109. The van der Waals surface area contributed by atoms with Gasteiger partial charge >= 0.3 is 0 Å². The highest BCUT2D eigenvalue weighted by Gasteiger charge is 2.23. The predicted octanol–water partition coefficient (Wildman–Crippen LogP) is 2.45. The van der Waals surface area contributed by atoms with Crippen LogP contribution in [0.2, 0.25) is 0 Å². The highest BCUT2D eigenvalue weighted by atomic mass is 16.5. The Balaban J connectivity index is 1.71. The average Bonchev–Trinajstić information content (AvgIpc) is 2.37. The summed E-state index contributed by atoms with van der Waals surface area (Å²) in [6, 6.07) is 9.52. The van der Waals surface area contributed by atoms with Gasteiger partial charge in [0.25, 0.3) is 0 Å². The molecule has 1 saturated heterocycles. The Bertz CT molecular complexity index is 384. The SMILES string of the molecule is Cc1cccc(OCCCN2C(C)CNCC2C)c1. The van der Waals surface area contributed by atoms with E-state index in [0.29, 0.717) is 12.1 Å². The summed E-state index contributed by atoms with van der Waals surface area (Å²) in [6.07, 6.45) is 1.09. The van der Waals surface area contributed by atoms with Gasteiger partial charge in [-0.15, -0.1) is 0 Å². The van der Waals surface area contributed by atoms with E-state index in [9.17, 15) is 0 Å². The maximum atomic E-state index is 5.81. The van der Waals surface area contributed by atoms with E-state index in [-0.39, 0.29) is 0 Å². The monoisotopic (exact) mass is 262 g/mol. The Labute approximate surface area is 116 Å². The molecule has 0 radical (unpaired) electrons. The summed E-state index contributed by atoms with van der Waals surface area (Å²) in [5.41, 5.74) is 1.25. The number of nitrogens with zero attached hydrogens (tertiary/aromatic N) is 1. The van der Waals surface area contributed by atoms with Crippen molar-refractivity contribution in [3.8, 4) is 5.75 Å². The minimum atomic E-state index is 0.628. The third-order valence-electron chi connectivity index (χ3n) is 3.83. The normalized spacial score (nSPS) is 24.4. The Kier molecular flexibility index (Phi) is 5.23. The molecule has 0 bridgehead atoms. The molecule has 1 fully saturated rings. The van der Waals surface area contributed by atoms with Gasteiger partial charge in [-0.2, -0.15) is 0 Å². The zero-order chi connectivity index (χ0) is 13.7. The lowest BCUT2D eigenvalue weighted by Gasteiger charge is -2.39. The zero-order valence-corrected chi connectivity index (χ0v) is 12.4. The molecule has 0 saturated carbocycles. The lowest BCUT2D eigenvalue weighted by atomic mass is 10.1. The van der Waals surface area contributed by atoms with Gasteiger partial charge in [-0.25, -0.2) is 0 Å². The molecule has 1 aromatic carbocycles. The van der Waals surface area contributed by atoms with Gasteiger partial charge < -0.3 is 10.1 Å². The number of aryl methyl sites for hydroxylation is 1. The van der Waals surface area contributed by atoms with E-state index in [0.717, 1.165) is 38.4 Å². The number of hydrogen-bond donors (Lipinski definition) is 1. The fraction of sp³-hybridized carbons (Fsp3) is 0.625. The quantitative estimate of drug-likeness (QED) is 0.825. The molecule has 106 valence electrons. The molecule has 2 atom stereocenters. The van der Waals surface area contributed by atoms with Crippen LogP contribution in [0.3, 0.4) is 0 Å². The van der Waals surface area contributed by atoms with Crippen molar-refractivity contribution in [3.63, 3.8) is 0 Å². The van der Waals surface area contributed by atoms with Crippen molar-refractivity contribution >= 4 is 0 Å². The average molecular weight is 262 g/mol. The first-order valence-corrected chi connectivity index (χ1v) is 7.33. The molecule has 1 heterocycles. The fourth-order valence-corrected chi connectivity index (χ4v) is 2.75. The molecule has 0 spiro atoms. The number of hydrogen-bond acceptors (Lipinski definition) is 3. The summed E-state index contributed by atoms with van der Waals surface area (Å²) in [5, 5.41) is 3.46. The molecule has 2 rings (SSSR count). The Morgan fingerprint density at radius 1 is 1.26 bits per heavy atom. The van der Waals surface area contributed by atoms with Gasteiger partial charge in [0.2, 0.25) is 0 Å². The van der Waals surface area contributed by atoms with Crippen LogP contribution in [0.25, 0.3) is 0 Å². The molecule has 0 aromatic heterocycles. The van der Waals surface area contributed by atoms with Gasteiger partial charge in [-0.05, 0) is 44.9 Å². The lowest BCUT2D eigenvalue weighted by Crippen LogP contribution is -2.55. The van der Waals surface area contributed by atoms with Gasteiger partial charge in [-0.3, -0.25) is 4.90 Å². The first kappa shape index (κ1) is 14.4. The number of ether oxygens (including phenoxy) is 1. The van der Waals surface area contributed by atoms with E-state index in [1.54, 1.807) is 0 Å². The molecule has 0 amide bonds. The van der Waals surface area contributed by atoms with Gasteiger partial charge in [0, 0.05) is 31.7 Å². The van der Waals surface area contributed by atoms with E-state index >= 15 is 0 Å². The summed E-state index contributed by atoms with van der Waals surface area (Å²) >= 11 is 0. The first-order valence-electron chi connectivity index (χ1n) is 7.33. The predicted molar refractivity (Wildman–Crippen MR) is 79.8 cm³/mol. The van der Waals surface area contributed by atoms with E-state index in [1.165, 1.54) is 5.56 Å². The molecule has 2 unspecified atom stereocenters. The second-order valence-corrected chi connectivity index (χ2v) is 5.61. The molecule has 0 aliphatic carbocycles. The van der Waals surface area contributed by atoms with Gasteiger partial charge in [0.05, 0.1) is 6.61 Å². The standard InChI is InChI=1S/C16H26N2O/c1-13-6-4-7-16(10-13)19-9-5-8-18-14(2)11-17-12-15(18)3/h4,6-7,10,14-15,17H,5,8-9,11-12H2,1-3H3. The topological polar surface area (TPSA) is 24.5 Å². The van der Waals surface area contributed by atoms with Crippen LogP contribution in [-0.2, 0) is 0 Å². The Morgan fingerprint density at radius 2 is 2.00 bits per heavy atom. The van der Waals surface area contributed by atoms with E-state index in [1.807, 2.05) is 12.1 Å². The summed E-state index contributed by atoms with van der Waals surface area (Å²) in [7, 11) is 0. The van der Waals surface area contributed by atoms with Gasteiger partial charge in [0.15, 0.2) is 0 Å². The van der Waals surface area contributed by atoms with Crippen molar-refractivity contribution in [2.24, 2.45) is 0 Å². The van der Waals surface area contributed by atoms with Crippen LogP contribution in [0.4, 0.5) is 0 Å². The zero-order valence-electron chi connectivity index (χ0n) is 12.4. The van der Waals surface area contributed by atoms with Crippen LogP contribution in [0, 0.1) is 6.92 Å². The summed E-state index contributed by atoms with van der Waals surface area (Å²) < 4.78 is 5.81. The third kappa shape index (κ3) is 4.22. The number of nitrogens with one attached hydrogen (secondary N) is 1. The van der Waals surface area contributed by atoms with Crippen molar-refractivity contribution in [2.75, 3.05) is 26.2 Å². The molecule has 19 heavy (non-hydrogen) atoms. The molecular weight excluding hydrogens is 236 g/mol. The van der Waals surface area contributed by atoms with Crippen LogP contribution in [0.1, 0.15) is 25.8 Å². The van der Waals surface area contributed by atoms with Crippen LogP contribution in [-0.4, -0.2) is 43.2 Å². The van der Waals surface area contributed by atoms with Crippen molar-refractivity contribution in [1.82, 2.24) is 10.2 Å². The number of piperazine rings is 1. The smallest absolute Gasteiger partial charge is 0.119 e. The van der Waals surface area contributed by atoms with Gasteiger partial charge in [-0.1, -0.05) is 12.1 Å². The van der Waals surface area contributed by atoms with Crippen LogP contribution >= 0.6 is 0 Å². The summed E-state index contributed by atoms with van der Waals surface area (Å²) in [6.45, 7) is 10.8. The number of rotatable bonds is 5. The third-order valence-corrected chi connectivity index (χ3v) is 3.83. The molecule has 1 aromatic rings. The number of benzene rings is 1. The van der Waals surface area contributed by atoms with Crippen molar-refractivity contribution in [1.29, 1.82) is 0 Å². The summed E-state index contributed by atoms with van der Waals surface area (Å²) in [4.78, 5) is 2.58. The molecule has 1 aliphatic rings. The highest BCUT2D eigenvalue weighted by molar-refractivity contribution is 5.27. The van der Waals surface area contributed by atoms with E-state index in [2.05, 4.69) is 43.1 Å². The molecular formula is C16H26N2O. The molecule has 3 heteroatoms. The fourth-order valence-electron chi connectivity index (χ4n) is 2.75. The maximum absolute atomic E-state index is 5.81. The summed E-state index contributed by atoms with van der Waals surface area (Å²) in [5.74, 6) is 0.987. The van der Waals surface area contributed by atoms with Crippen molar-refractivity contribution in [2.45, 2.75) is 39.3 Å². The largest absolute Gasteiger partial charge is 0.494 e. The molecule has 1 aliphatic heterocycles. The van der Waals surface area contributed by atoms with Crippen LogP contribution < -0.4 is 10.1 Å².